The van der Waals surface area contributed by atoms with Crippen molar-refractivity contribution < 1.29 is 13.3 Å². The number of hydrogen-bond donors (Lipinski definition) is 0. The van der Waals surface area contributed by atoms with Crippen LogP contribution < -0.4 is 4.90 Å². The zero-order valence-electron chi connectivity index (χ0n) is 30.1. The Labute approximate surface area is 321 Å². The maximum atomic E-state index is 6.55. The number of para-hydroxylation sites is 4. The molecule has 0 aliphatic heterocycles. The Morgan fingerprint density at radius 2 is 0.911 bits per heavy atom. The van der Waals surface area contributed by atoms with Gasteiger partial charge in [-0.25, -0.2) is 0 Å². The van der Waals surface area contributed by atoms with Crippen molar-refractivity contribution >= 4 is 93.7 Å². The molecule has 4 heteroatoms. The first kappa shape index (κ1) is 30.9. The van der Waals surface area contributed by atoms with Gasteiger partial charge in [-0.2, -0.15) is 0 Å². The molecule has 0 fully saturated rings. The van der Waals surface area contributed by atoms with Crippen LogP contribution >= 0.6 is 0 Å². The third-order valence-electron chi connectivity index (χ3n) is 11.3. The van der Waals surface area contributed by atoms with Gasteiger partial charge in [0.1, 0.15) is 33.5 Å². The molecule has 0 atom stereocenters. The van der Waals surface area contributed by atoms with E-state index in [1.165, 1.54) is 5.39 Å². The molecule has 12 rings (SSSR count). The summed E-state index contributed by atoms with van der Waals surface area (Å²) in [5, 5.41) is 8.96. The first-order chi connectivity index (χ1) is 27.7. The normalized spacial score (nSPS) is 11.9. The van der Waals surface area contributed by atoms with Crippen molar-refractivity contribution in [2.45, 2.75) is 0 Å². The Kier molecular flexibility index (Phi) is 6.60. The fourth-order valence-electron chi connectivity index (χ4n) is 8.68. The van der Waals surface area contributed by atoms with Crippen LogP contribution in [0.5, 0.6) is 0 Å². The van der Waals surface area contributed by atoms with Gasteiger partial charge >= 0.3 is 0 Å². The molecule has 56 heavy (non-hydrogen) atoms. The van der Waals surface area contributed by atoms with Crippen LogP contribution in [-0.2, 0) is 0 Å². The molecule has 0 aliphatic carbocycles. The lowest BCUT2D eigenvalue weighted by atomic mass is 9.96. The van der Waals surface area contributed by atoms with E-state index in [9.17, 15) is 0 Å². The van der Waals surface area contributed by atoms with Gasteiger partial charge in [-0.1, -0.05) is 121 Å². The van der Waals surface area contributed by atoms with Crippen molar-refractivity contribution in [3.8, 4) is 22.3 Å². The van der Waals surface area contributed by atoms with Crippen LogP contribution in [0.2, 0.25) is 0 Å². The summed E-state index contributed by atoms with van der Waals surface area (Å²) < 4.78 is 19.3. The summed E-state index contributed by atoms with van der Waals surface area (Å²) in [5.41, 5.74) is 12.7. The molecule has 0 N–H and O–H groups in total. The van der Waals surface area contributed by atoms with Crippen LogP contribution in [-0.4, -0.2) is 0 Å². The van der Waals surface area contributed by atoms with E-state index in [1.54, 1.807) is 0 Å². The molecule has 0 saturated heterocycles. The van der Waals surface area contributed by atoms with Gasteiger partial charge in [-0.05, 0) is 88.6 Å². The summed E-state index contributed by atoms with van der Waals surface area (Å²) in [6, 6.07) is 66.2. The minimum absolute atomic E-state index is 0.860. The maximum absolute atomic E-state index is 6.55. The molecular weight excluding hydrogens is 687 g/mol. The molecule has 0 spiro atoms. The van der Waals surface area contributed by atoms with Gasteiger partial charge in [0.15, 0.2) is 0 Å². The smallest absolute Gasteiger partial charge is 0.143 e. The van der Waals surface area contributed by atoms with Gasteiger partial charge in [0.25, 0.3) is 0 Å². The van der Waals surface area contributed by atoms with Crippen molar-refractivity contribution in [3.63, 3.8) is 0 Å². The topological polar surface area (TPSA) is 42.7 Å². The molecule has 0 radical (unpaired) electrons. The van der Waals surface area contributed by atoms with Gasteiger partial charge < -0.3 is 18.2 Å². The van der Waals surface area contributed by atoms with Crippen molar-refractivity contribution in [3.05, 3.63) is 188 Å². The predicted molar refractivity (Wildman–Crippen MR) is 231 cm³/mol. The van der Waals surface area contributed by atoms with E-state index in [1.807, 2.05) is 24.3 Å². The number of nitrogens with zero attached hydrogens (tertiary/aromatic N) is 1. The van der Waals surface area contributed by atoms with Crippen molar-refractivity contribution in [2.24, 2.45) is 0 Å². The molecule has 0 aliphatic rings. The van der Waals surface area contributed by atoms with E-state index in [4.69, 9.17) is 13.3 Å². The van der Waals surface area contributed by atoms with Crippen molar-refractivity contribution in [2.75, 3.05) is 4.90 Å². The first-order valence-corrected chi connectivity index (χ1v) is 18.9. The van der Waals surface area contributed by atoms with E-state index in [0.29, 0.717) is 0 Å². The van der Waals surface area contributed by atoms with Gasteiger partial charge in [-0.15, -0.1) is 0 Å². The average Bonchev–Trinajstić information content (AvgIpc) is 3.94. The number of benzene rings is 9. The molecule has 0 saturated carbocycles. The summed E-state index contributed by atoms with van der Waals surface area (Å²) in [6.45, 7) is 0. The van der Waals surface area contributed by atoms with Crippen LogP contribution in [0, 0.1) is 0 Å². The Bertz CT molecular complexity index is 3490. The molecule has 4 nitrogen and oxygen atoms in total. The molecule has 9 aromatic carbocycles. The molecule has 0 amide bonds. The zero-order chi connectivity index (χ0) is 36.7. The van der Waals surface area contributed by atoms with Gasteiger partial charge in [0.2, 0.25) is 0 Å². The van der Waals surface area contributed by atoms with E-state index < -0.39 is 0 Å². The van der Waals surface area contributed by atoms with Crippen molar-refractivity contribution in [1.82, 2.24) is 0 Å². The molecule has 3 aromatic heterocycles. The lowest BCUT2D eigenvalue weighted by Gasteiger charge is -2.28. The molecule has 262 valence electrons. The minimum Gasteiger partial charge on any atom is -0.456 e. The van der Waals surface area contributed by atoms with Crippen LogP contribution in [0.25, 0.3) is 98.8 Å². The quantitative estimate of drug-likeness (QED) is 0.178. The van der Waals surface area contributed by atoms with E-state index >= 15 is 0 Å². The fraction of sp³-hybridized carbons (Fsp3) is 0. The second kappa shape index (κ2) is 12.0. The Morgan fingerprint density at radius 1 is 0.321 bits per heavy atom. The first-order valence-electron chi connectivity index (χ1n) is 18.9. The largest absolute Gasteiger partial charge is 0.456 e. The highest BCUT2D eigenvalue weighted by Crippen LogP contribution is 2.47. The standard InChI is InChI=1S/C52H31NO3/c1-2-12-34-30-50-44(29-33(34)11-1)51-41(17-10-22-49(51)55-50)38-13-3-6-19-45(38)53(36-27-28-48-43(31-36)40-15-5-7-20-46(40)54-48)35-25-23-32(24-26-35)37-16-9-18-42-39-14-4-8-21-47(39)56-52(37)42/h1-31H. The van der Waals surface area contributed by atoms with E-state index in [0.717, 1.165) is 111 Å². The Balaban J connectivity index is 1.07. The number of hydrogen-bond acceptors (Lipinski definition) is 4. The number of furan rings is 3. The summed E-state index contributed by atoms with van der Waals surface area (Å²) in [7, 11) is 0. The minimum atomic E-state index is 0.860. The Morgan fingerprint density at radius 3 is 1.77 bits per heavy atom. The molecule has 0 unspecified atom stereocenters. The number of anilines is 3. The third-order valence-corrected chi connectivity index (χ3v) is 11.3. The second-order valence-corrected chi connectivity index (χ2v) is 14.4. The number of fused-ring (bicyclic) bond motifs is 10. The van der Waals surface area contributed by atoms with E-state index in [-0.39, 0.29) is 0 Å². The van der Waals surface area contributed by atoms with Gasteiger partial charge in [0, 0.05) is 54.8 Å². The van der Waals surface area contributed by atoms with Gasteiger partial charge in [-0.3, -0.25) is 0 Å². The summed E-state index contributed by atoms with van der Waals surface area (Å²) >= 11 is 0. The number of rotatable bonds is 5. The average molecular weight is 718 g/mol. The van der Waals surface area contributed by atoms with Crippen LogP contribution in [0.3, 0.4) is 0 Å². The summed E-state index contributed by atoms with van der Waals surface area (Å²) in [4.78, 5) is 2.36. The van der Waals surface area contributed by atoms with Gasteiger partial charge in [0.05, 0.1) is 5.69 Å². The van der Waals surface area contributed by atoms with Crippen molar-refractivity contribution in [1.29, 1.82) is 0 Å². The molecular formula is C52H31NO3. The molecule has 3 heterocycles. The lowest BCUT2D eigenvalue weighted by molar-refractivity contribution is 0.668. The maximum Gasteiger partial charge on any atom is 0.143 e. The molecule has 0 bridgehead atoms. The third kappa shape index (κ3) is 4.66. The van der Waals surface area contributed by atoms with Crippen LogP contribution in [0.15, 0.2) is 201 Å². The van der Waals surface area contributed by atoms with Crippen LogP contribution in [0.1, 0.15) is 0 Å². The predicted octanol–water partition coefficient (Wildman–Crippen LogP) is 15.3. The highest BCUT2D eigenvalue weighted by molar-refractivity contribution is 6.17. The summed E-state index contributed by atoms with van der Waals surface area (Å²) in [5.74, 6) is 0. The van der Waals surface area contributed by atoms with Crippen LogP contribution in [0.4, 0.5) is 17.1 Å². The monoisotopic (exact) mass is 717 g/mol. The fourth-order valence-corrected chi connectivity index (χ4v) is 8.68. The lowest BCUT2D eigenvalue weighted by Crippen LogP contribution is -2.11. The van der Waals surface area contributed by atoms with E-state index in [2.05, 4.69) is 169 Å². The highest BCUT2D eigenvalue weighted by atomic mass is 16.3. The Hall–Kier alpha value is -7.56. The summed E-state index contributed by atoms with van der Waals surface area (Å²) in [6.07, 6.45) is 0. The highest BCUT2D eigenvalue weighted by Gasteiger charge is 2.22. The molecule has 12 aromatic rings. The zero-order valence-corrected chi connectivity index (χ0v) is 30.1. The second-order valence-electron chi connectivity index (χ2n) is 14.4. The SMILES string of the molecule is c1ccc(N(c2ccc(-c3cccc4c3oc3ccccc34)cc2)c2ccc3oc4ccccc4c3c2)c(-c2cccc3oc4cc5ccccc5cc4c23)c1.